The van der Waals surface area contributed by atoms with Gasteiger partial charge in [0.05, 0.1) is 17.0 Å². The zero-order valence-corrected chi connectivity index (χ0v) is 10.3. The summed E-state index contributed by atoms with van der Waals surface area (Å²) in [4.78, 5) is 7.51. The van der Waals surface area contributed by atoms with Gasteiger partial charge in [0.25, 0.3) is 0 Å². The SMILES string of the molecule is C(#Cc1ccccc1)/C(=C1/C=CC=N1)c1ccc[nH]1. The first kappa shape index (κ1) is 11.3. The maximum absolute atomic E-state index is 4.33. The molecule has 0 spiro atoms. The van der Waals surface area contributed by atoms with Crippen LogP contribution in [0.3, 0.4) is 0 Å². The van der Waals surface area contributed by atoms with Crippen molar-refractivity contribution in [2.24, 2.45) is 4.99 Å². The molecule has 0 aliphatic carbocycles. The van der Waals surface area contributed by atoms with E-state index in [1.807, 2.05) is 60.8 Å². The number of hydrogen-bond donors (Lipinski definition) is 1. The normalized spacial score (nSPS) is 15.2. The molecule has 1 aromatic heterocycles. The lowest BCUT2D eigenvalue weighted by Crippen LogP contribution is -1.85. The van der Waals surface area contributed by atoms with Crippen LogP contribution in [0.15, 0.2) is 71.5 Å². The molecule has 0 unspecified atom stereocenters. The van der Waals surface area contributed by atoms with Gasteiger partial charge in [0.1, 0.15) is 0 Å². The van der Waals surface area contributed by atoms with Crippen LogP contribution in [-0.2, 0) is 0 Å². The van der Waals surface area contributed by atoms with Crippen molar-refractivity contribution in [3.63, 3.8) is 0 Å². The highest BCUT2D eigenvalue weighted by Gasteiger charge is 2.06. The number of hydrogen-bond acceptors (Lipinski definition) is 1. The van der Waals surface area contributed by atoms with E-state index in [9.17, 15) is 0 Å². The molecule has 1 aromatic carbocycles. The molecule has 0 atom stereocenters. The zero-order valence-electron chi connectivity index (χ0n) is 10.3. The molecular weight excluding hydrogens is 232 g/mol. The van der Waals surface area contributed by atoms with Gasteiger partial charge in [0, 0.05) is 18.0 Å². The van der Waals surface area contributed by atoms with Crippen LogP contribution in [-0.4, -0.2) is 11.2 Å². The topological polar surface area (TPSA) is 28.1 Å². The van der Waals surface area contributed by atoms with E-state index in [1.165, 1.54) is 0 Å². The highest BCUT2D eigenvalue weighted by atomic mass is 14.8. The summed E-state index contributed by atoms with van der Waals surface area (Å²) >= 11 is 0. The second-order valence-electron chi connectivity index (χ2n) is 4.10. The summed E-state index contributed by atoms with van der Waals surface area (Å²) in [6.07, 6.45) is 7.56. The monoisotopic (exact) mass is 244 g/mol. The predicted octanol–water partition coefficient (Wildman–Crippen LogP) is 3.42. The lowest BCUT2D eigenvalue weighted by molar-refractivity contribution is 1.34. The second kappa shape index (κ2) is 5.24. The molecule has 2 nitrogen and oxygen atoms in total. The van der Waals surface area contributed by atoms with Gasteiger partial charge in [-0.05, 0) is 36.4 Å². The van der Waals surface area contributed by atoms with Crippen molar-refractivity contribution in [3.8, 4) is 11.8 Å². The fraction of sp³-hybridized carbons (Fsp3) is 0. The zero-order chi connectivity index (χ0) is 12.9. The fourth-order valence-corrected chi connectivity index (χ4v) is 1.86. The van der Waals surface area contributed by atoms with E-state index in [-0.39, 0.29) is 0 Å². The van der Waals surface area contributed by atoms with Crippen molar-refractivity contribution >= 4 is 11.8 Å². The Morgan fingerprint density at radius 2 is 1.95 bits per heavy atom. The lowest BCUT2D eigenvalue weighted by Gasteiger charge is -1.99. The molecule has 2 heteroatoms. The van der Waals surface area contributed by atoms with E-state index in [0.29, 0.717) is 0 Å². The second-order valence-corrected chi connectivity index (χ2v) is 4.10. The largest absolute Gasteiger partial charge is 0.361 e. The van der Waals surface area contributed by atoms with Crippen LogP contribution in [0.2, 0.25) is 0 Å². The molecule has 2 heterocycles. The fourth-order valence-electron chi connectivity index (χ4n) is 1.86. The number of aromatic nitrogens is 1. The van der Waals surface area contributed by atoms with Gasteiger partial charge >= 0.3 is 0 Å². The van der Waals surface area contributed by atoms with Crippen molar-refractivity contribution in [1.29, 1.82) is 0 Å². The summed E-state index contributed by atoms with van der Waals surface area (Å²) in [7, 11) is 0. The Balaban J connectivity index is 2.04. The Kier molecular flexibility index (Phi) is 3.12. The molecule has 0 saturated heterocycles. The number of H-pyrrole nitrogens is 1. The van der Waals surface area contributed by atoms with E-state index in [0.717, 1.165) is 22.5 Å². The van der Waals surface area contributed by atoms with Crippen LogP contribution in [0.1, 0.15) is 11.3 Å². The Labute approximate surface area is 112 Å². The average Bonchev–Trinajstić information content (AvgIpc) is 3.13. The number of allylic oxidation sites excluding steroid dienone is 3. The van der Waals surface area contributed by atoms with Gasteiger partial charge in [0.2, 0.25) is 0 Å². The van der Waals surface area contributed by atoms with Crippen LogP contribution in [0.5, 0.6) is 0 Å². The minimum absolute atomic E-state index is 0.894. The maximum atomic E-state index is 4.33. The first-order chi connectivity index (χ1) is 9.43. The van der Waals surface area contributed by atoms with Crippen LogP contribution in [0, 0.1) is 11.8 Å². The molecule has 3 rings (SSSR count). The van der Waals surface area contributed by atoms with Gasteiger partial charge in [-0.3, -0.25) is 4.99 Å². The van der Waals surface area contributed by atoms with Crippen molar-refractivity contribution in [2.75, 3.05) is 0 Å². The standard InChI is InChI=1S/C17H12N2/c1-2-6-14(7-3-1)10-11-15(16-8-4-12-18-16)17-9-5-13-19-17/h1-9,12-13,18H/b17-15+. The van der Waals surface area contributed by atoms with Crippen LogP contribution in [0.4, 0.5) is 0 Å². The van der Waals surface area contributed by atoms with E-state index in [2.05, 4.69) is 21.8 Å². The highest BCUT2D eigenvalue weighted by Crippen LogP contribution is 2.20. The van der Waals surface area contributed by atoms with Gasteiger partial charge in [0.15, 0.2) is 0 Å². The van der Waals surface area contributed by atoms with E-state index in [1.54, 1.807) is 6.21 Å². The molecule has 90 valence electrons. The number of rotatable bonds is 1. The molecule has 0 fully saturated rings. The van der Waals surface area contributed by atoms with Crippen molar-refractivity contribution in [3.05, 3.63) is 77.8 Å². The summed E-state index contributed by atoms with van der Waals surface area (Å²) < 4.78 is 0. The third kappa shape index (κ3) is 2.56. The van der Waals surface area contributed by atoms with Gasteiger partial charge in [-0.15, -0.1) is 0 Å². The Morgan fingerprint density at radius 1 is 1.05 bits per heavy atom. The lowest BCUT2D eigenvalue weighted by atomic mass is 10.1. The van der Waals surface area contributed by atoms with Crippen molar-refractivity contribution in [2.45, 2.75) is 0 Å². The van der Waals surface area contributed by atoms with Gasteiger partial charge in [-0.1, -0.05) is 30.0 Å². The number of benzene rings is 1. The molecule has 0 amide bonds. The molecular formula is C17H12N2. The number of nitrogens with one attached hydrogen (secondary N) is 1. The highest BCUT2D eigenvalue weighted by molar-refractivity contribution is 5.88. The summed E-state index contributed by atoms with van der Waals surface area (Å²) in [6, 6.07) is 13.9. The number of aromatic amines is 1. The van der Waals surface area contributed by atoms with E-state index in [4.69, 9.17) is 0 Å². The summed E-state index contributed by atoms with van der Waals surface area (Å²) in [5.74, 6) is 6.39. The third-order valence-corrected chi connectivity index (χ3v) is 2.78. The summed E-state index contributed by atoms with van der Waals surface area (Å²) in [5.41, 5.74) is 3.80. The summed E-state index contributed by atoms with van der Waals surface area (Å²) in [5, 5.41) is 0. The van der Waals surface area contributed by atoms with E-state index < -0.39 is 0 Å². The van der Waals surface area contributed by atoms with Crippen LogP contribution in [0.25, 0.3) is 5.57 Å². The molecule has 19 heavy (non-hydrogen) atoms. The first-order valence-electron chi connectivity index (χ1n) is 6.09. The summed E-state index contributed by atoms with van der Waals surface area (Å²) in [6.45, 7) is 0. The van der Waals surface area contributed by atoms with Crippen molar-refractivity contribution < 1.29 is 0 Å². The molecule has 2 aromatic rings. The number of nitrogens with zero attached hydrogens (tertiary/aromatic N) is 1. The Morgan fingerprint density at radius 3 is 2.63 bits per heavy atom. The smallest absolute Gasteiger partial charge is 0.0807 e. The predicted molar refractivity (Wildman–Crippen MR) is 78.7 cm³/mol. The van der Waals surface area contributed by atoms with Gasteiger partial charge < -0.3 is 4.98 Å². The minimum atomic E-state index is 0.894. The minimum Gasteiger partial charge on any atom is -0.361 e. The average molecular weight is 244 g/mol. The van der Waals surface area contributed by atoms with Gasteiger partial charge in [-0.2, -0.15) is 0 Å². The third-order valence-electron chi connectivity index (χ3n) is 2.78. The molecule has 1 N–H and O–H groups in total. The van der Waals surface area contributed by atoms with Gasteiger partial charge in [-0.25, -0.2) is 0 Å². The number of aliphatic imine (C=N–C) groups is 1. The van der Waals surface area contributed by atoms with E-state index >= 15 is 0 Å². The molecule has 0 saturated carbocycles. The molecule has 1 aliphatic rings. The Hall–Kier alpha value is -2.79. The first-order valence-corrected chi connectivity index (χ1v) is 6.09. The quantitative estimate of drug-likeness (QED) is 0.745. The van der Waals surface area contributed by atoms with Crippen LogP contribution < -0.4 is 0 Å². The molecule has 0 radical (unpaired) electrons. The maximum Gasteiger partial charge on any atom is 0.0807 e. The Bertz CT molecular complexity index is 692. The molecule has 0 bridgehead atoms. The van der Waals surface area contributed by atoms with Crippen molar-refractivity contribution in [1.82, 2.24) is 4.98 Å². The molecule has 1 aliphatic heterocycles. The van der Waals surface area contributed by atoms with Crippen LogP contribution >= 0.6 is 0 Å².